The molecule has 2 fully saturated rings. The zero-order valence-electron chi connectivity index (χ0n) is 10.4. The maximum atomic E-state index is 11.6. The third-order valence-electron chi connectivity index (χ3n) is 3.86. The minimum Gasteiger partial charge on any atom is -0.444 e. The summed E-state index contributed by atoms with van der Waals surface area (Å²) in [5.74, 6) is 0. The highest BCUT2D eigenvalue weighted by Crippen LogP contribution is 2.52. The third-order valence-corrected chi connectivity index (χ3v) is 3.86. The molecule has 1 aliphatic heterocycles. The van der Waals surface area contributed by atoms with Crippen molar-refractivity contribution in [3.05, 3.63) is 35.9 Å². The van der Waals surface area contributed by atoms with Gasteiger partial charge in [0.2, 0.25) is 0 Å². The summed E-state index contributed by atoms with van der Waals surface area (Å²) < 4.78 is 5.19. The van der Waals surface area contributed by atoms with E-state index in [-0.39, 0.29) is 6.09 Å². The number of hydrogen-bond donors (Lipinski definition) is 1. The molecule has 3 rings (SSSR count). The van der Waals surface area contributed by atoms with Crippen LogP contribution in [-0.4, -0.2) is 24.2 Å². The van der Waals surface area contributed by atoms with E-state index in [1.807, 2.05) is 35.3 Å². The van der Waals surface area contributed by atoms with Gasteiger partial charge in [0.15, 0.2) is 0 Å². The maximum Gasteiger partial charge on any atom is 0.422 e. The predicted octanol–water partition coefficient (Wildman–Crippen LogP) is 2.31. The van der Waals surface area contributed by atoms with Crippen molar-refractivity contribution in [2.24, 2.45) is 5.41 Å². The molecule has 96 valence electrons. The van der Waals surface area contributed by atoms with Crippen LogP contribution >= 0.6 is 0 Å². The zero-order valence-corrected chi connectivity index (χ0v) is 10.4. The average molecular weight is 246 g/mol. The summed E-state index contributed by atoms with van der Waals surface area (Å²) in [7, 11) is 0. The molecule has 1 aromatic rings. The van der Waals surface area contributed by atoms with Gasteiger partial charge in [0.1, 0.15) is 6.61 Å². The number of hydrazine groups is 1. The van der Waals surface area contributed by atoms with Gasteiger partial charge in [0.05, 0.1) is 0 Å². The summed E-state index contributed by atoms with van der Waals surface area (Å²) in [6, 6.07) is 9.72. The normalized spacial score (nSPS) is 20.9. The molecule has 1 aromatic carbocycles. The Labute approximate surface area is 107 Å². The van der Waals surface area contributed by atoms with Crippen LogP contribution in [0, 0.1) is 5.41 Å². The smallest absolute Gasteiger partial charge is 0.422 e. The van der Waals surface area contributed by atoms with Crippen molar-refractivity contribution in [2.45, 2.75) is 25.9 Å². The Balaban J connectivity index is 1.42. The number of nitrogens with one attached hydrogen (secondary N) is 1. The predicted molar refractivity (Wildman–Crippen MR) is 67.6 cm³/mol. The second-order valence-electron chi connectivity index (χ2n) is 5.35. The molecule has 1 saturated heterocycles. The molecule has 0 unspecified atom stereocenters. The van der Waals surface area contributed by atoms with Crippen molar-refractivity contribution >= 4 is 6.09 Å². The van der Waals surface area contributed by atoms with Gasteiger partial charge in [-0.05, 0) is 30.2 Å². The fourth-order valence-electron chi connectivity index (χ4n) is 2.50. The van der Waals surface area contributed by atoms with Crippen LogP contribution in [0.4, 0.5) is 4.79 Å². The van der Waals surface area contributed by atoms with E-state index in [0.29, 0.717) is 12.0 Å². The van der Waals surface area contributed by atoms with E-state index in [4.69, 9.17) is 4.74 Å². The largest absolute Gasteiger partial charge is 0.444 e. The molecule has 4 nitrogen and oxygen atoms in total. The lowest BCUT2D eigenvalue weighted by Crippen LogP contribution is -2.41. The van der Waals surface area contributed by atoms with E-state index in [9.17, 15) is 4.79 Å². The number of carbonyl (C=O) groups is 1. The molecular formula is C14H18N2O2. The summed E-state index contributed by atoms with van der Waals surface area (Å²) >= 11 is 0. The molecule has 1 N–H and O–H groups in total. The average Bonchev–Trinajstić information content (AvgIpc) is 3.03. The quantitative estimate of drug-likeness (QED) is 0.890. The lowest BCUT2D eigenvalue weighted by atomic mass is 10.1. The van der Waals surface area contributed by atoms with Crippen LogP contribution in [0.5, 0.6) is 0 Å². The van der Waals surface area contributed by atoms with Gasteiger partial charge in [-0.2, -0.15) is 0 Å². The Kier molecular flexibility index (Phi) is 2.96. The van der Waals surface area contributed by atoms with E-state index < -0.39 is 0 Å². The van der Waals surface area contributed by atoms with Crippen LogP contribution in [0.1, 0.15) is 24.8 Å². The Morgan fingerprint density at radius 1 is 1.28 bits per heavy atom. The van der Waals surface area contributed by atoms with E-state index in [2.05, 4.69) is 5.43 Å². The molecular weight excluding hydrogens is 228 g/mol. The molecule has 1 amide bonds. The highest BCUT2D eigenvalue weighted by molar-refractivity contribution is 5.66. The van der Waals surface area contributed by atoms with Gasteiger partial charge in [-0.3, -0.25) is 5.43 Å². The van der Waals surface area contributed by atoms with E-state index in [1.54, 1.807) is 0 Å². The first-order valence-electron chi connectivity index (χ1n) is 6.48. The van der Waals surface area contributed by atoms with Crippen LogP contribution in [-0.2, 0) is 11.3 Å². The van der Waals surface area contributed by atoms with Crippen molar-refractivity contribution in [2.75, 3.05) is 13.1 Å². The molecule has 18 heavy (non-hydrogen) atoms. The van der Waals surface area contributed by atoms with Gasteiger partial charge >= 0.3 is 6.09 Å². The summed E-state index contributed by atoms with van der Waals surface area (Å²) in [5.41, 5.74) is 4.34. The first-order chi connectivity index (χ1) is 8.76. The van der Waals surface area contributed by atoms with Gasteiger partial charge in [0, 0.05) is 13.1 Å². The SMILES string of the molecule is O=C(NN1CCC2(CC2)C1)OCc1ccccc1. The minimum atomic E-state index is -0.350. The highest BCUT2D eigenvalue weighted by atomic mass is 16.6. The summed E-state index contributed by atoms with van der Waals surface area (Å²) in [6.07, 6.45) is 3.47. The highest BCUT2D eigenvalue weighted by Gasteiger charge is 2.48. The molecule has 2 aliphatic rings. The minimum absolute atomic E-state index is 0.325. The van der Waals surface area contributed by atoms with Crippen molar-refractivity contribution < 1.29 is 9.53 Å². The number of ether oxygens (including phenoxy) is 1. The van der Waals surface area contributed by atoms with Gasteiger partial charge in [-0.15, -0.1) is 0 Å². The van der Waals surface area contributed by atoms with Crippen LogP contribution < -0.4 is 5.43 Å². The van der Waals surface area contributed by atoms with E-state index in [1.165, 1.54) is 19.3 Å². The van der Waals surface area contributed by atoms with Crippen LogP contribution in [0.3, 0.4) is 0 Å². The topological polar surface area (TPSA) is 41.6 Å². The van der Waals surface area contributed by atoms with Crippen LogP contribution in [0.15, 0.2) is 30.3 Å². The second-order valence-corrected chi connectivity index (χ2v) is 5.35. The molecule has 1 spiro atoms. The number of nitrogens with zero attached hydrogens (tertiary/aromatic N) is 1. The molecule has 0 aromatic heterocycles. The molecule has 0 atom stereocenters. The Morgan fingerprint density at radius 3 is 2.72 bits per heavy atom. The Bertz CT molecular complexity index is 429. The van der Waals surface area contributed by atoms with Gasteiger partial charge in [0.25, 0.3) is 0 Å². The van der Waals surface area contributed by atoms with Crippen LogP contribution in [0.25, 0.3) is 0 Å². The Hall–Kier alpha value is -1.55. The lowest BCUT2D eigenvalue weighted by Gasteiger charge is -2.16. The van der Waals surface area contributed by atoms with E-state index >= 15 is 0 Å². The molecule has 1 aliphatic carbocycles. The molecule has 4 heteroatoms. The Morgan fingerprint density at radius 2 is 2.06 bits per heavy atom. The molecule has 1 heterocycles. The maximum absolute atomic E-state index is 11.6. The fourth-order valence-corrected chi connectivity index (χ4v) is 2.50. The number of carbonyl (C=O) groups excluding carboxylic acids is 1. The summed E-state index contributed by atoms with van der Waals surface area (Å²) in [5, 5.41) is 1.99. The van der Waals surface area contributed by atoms with Crippen molar-refractivity contribution in [3.8, 4) is 0 Å². The zero-order chi connectivity index (χ0) is 12.4. The van der Waals surface area contributed by atoms with E-state index in [0.717, 1.165) is 18.7 Å². The number of amides is 1. The number of benzene rings is 1. The monoisotopic (exact) mass is 246 g/mol. The summed E-state index contributed by atoms with van der Waals surface area (Å²) in [4.78, 5) is 11.6. The van der Waals surface area contributed by atoms with Gasteiger partial charge < -0.3 is 4.74 Å². The van der Waals surface area contributed by atoms with Gasteiger partial charge in [-0.1, -0.05) is 30.3 Å². The first kappa shape index (κ1) is 11.5. The van der Waals surface area contributed by atoms with Crippen LogP contribution in [0.2, 0.25) is 0 Å². The molecule has 0 bridgehead atoms. The third kappa shape index (κ3) is 2.64. The van der Waals surface area contributed by atoms with Crippen molar-refractivity contribution in [1.29, 1.82) is 0 Å². The standard InChI is InChI=1S/C14H18N2O2/c17-13(18-10-12-4-2-1-3-5-12)15-16-9-8-14(11-16)6-7-14/h1-5H,6-11H2,(H,15,17). The summed E-state index contributed by atoms with van der Waals surface area (Å²) in [6.45, 7) is 2.25. The van der Waals surface area contributed by atoms with Crippen molar-refractivity contribution in [3.63, 3.8) is 0 Å². The second kappa shape index (κ2) is 4.61. The molecule has 1 saturated carbocycles. The number of hydrogen-bond acceptors (Lipinski definition) is 3. The molecule has 0 radical (unpaired) electrons. The lowest BCUT2D eigenvalue weighted by molar-refractivity contribution is 0.107. The fraction of sp³-hybridized carbons (Fsp3) is 0.500. The van der Waals surface area contributed by atoms with Gasteiger partial charge in [-0.25, -0.2) is 9.80 Å². The van der Waals surface area contributed by atoms with Crippen molar-refractivity contribution in [1.82, 2.24) is 10.4 Å². The first-order valence-corrected chi connectivity index (χ1v) is 6.48. The number of rotatable bonds is 3.